The first-order chi connectivity index (χ1) is 10.7. The van der Waals surface area contributed by atoms with Gasteiger partial charge in [0, 0.05) is 43.2 Å². The van der Waals surface area contributed by atoms with Gasteiger partial charge in [-0.25, -0.2) is 4.79 Å². The molecular formula is C17H28N2O3. The van der Waals surface area contributed by atoms with Gasteiger partial charge < -0.3 is 19.7 Å². The second-order valence-corrected chi connectivity index (χ2v) is 7.74. The Hall–Kier alpha value is -0.810. The third-order valence-electron chi connectivity index (χ3n) is 6.65. The Bertz CT molecular complexity index is 443. The van der Waals surface area contributed by atoms with Gasteiger partial charge in [-0.05, 0) is 39.0 Å². The quantitative estimate of drug-likeness (QED) is 0.869. The van der Waals surface area contributed by atoms with E-state index < -0.39 is 0 Å². The maximum Gasteiger partial charge on any atom is 0.317 e. The first-order valence-corrected chi connectivity index (χ1v) is 8.92. The summed E-state index contributed by atoms with van der Waals surface area (Å²) in [4.78, 5) is 14.6. The number of nitrogens with zero attached hydrogens (tertiary/aromatic N) is 1. The topological polar surface area (TPSA) is 50.8 Å². The molecule has 0 bridgehead atoms. The molecule has 2 spiro atoms. The summed E-state index contributed by atoms with van der Waals surface area (Å²) < 4.78 is 11.4. The van der Waals surface area contributed by atoms with E-state index in [1.54, 1.807) is 0 Å². The summed E-state index contributed by atoms with van der Waals surface area (Å²) in [6.45, 7) is 6.28. The highest BCUT2D eigenvalue weighted by Crippen LogP contribution is 2.57. The lowest BCUT2D eigenvalue weighted by Gasteiger charge is -2.61. The predicted molar refractivity (Wildman–Crippen MR) is 82.7 cm³/mol. The maximum atomic E-state index is 12.6. The van der Waals surface area contributed by atoms with E-state index in [1.807, 2.05) is 4.90 Å². The minimum Gasteiger partial charge on any atom is -0.381 e. The second-order valence-electron chi connectivity index (χ2n) is 7.74. The van der Waals surface area contributed by atoms with Crippen LogP contribution in [0.2, 0.25) is 0 Å². The number of ether oxygens (including phenoxy) is 2. The summed E-state index contributed by atoms with van der Waals surface area (Å²) in [5.74, 6) is 0. The van der Waals surface area contributed by atoms with Gasteiger partial charge in [0.15, 0.2) is 0 Å². The van der Waals surface area contributed by atoms with Gasteiger partial charge in [0.1, 0.15) is 0 Å². The number of hydrogen-bond acceptors (Lipinski definition) is 3. The molecule has 2 aliphatic heterocycles. The summed E-state index contributed by atoms with van der Waals surface area (Å²) in [5.41, 5.74) is 0.499. The number of likely N-dealkylation sites (tertiary alicyclic amines) is 1. The fourth-order valence-corrected chi connectivity index (χ4v) is 4.96. The van der Waals surface area contributed by atoms with Crippen molar-refractivity contribution < 1.29 is 14.3 Å². The summed E-state index contributed by atoms with van der Waals surface area (Å²) in [7, 11) is 0. The average Bonchev–Trinajstić information content (AvgIpc) is 3.06. The van der Waals surface area contributed by atoms with Crippen LogP contribution in [-0.4, -0.2) is 56.0 Å². The standard InChI is InChI=1S/C17H28N2O3/c1-2-22-14-10-13(17(14)4-3-5-17)18-15(20)19-8-6-16(11-19)7-9-21-12-16/h13-14H,2-12H2,1H3,(H,18,20)/t13-,14-,16-/m1/s1. The Kier molecular flexibility index (Phi) is 3.61. The van der Waals surface area contributed by atoms with Gasteiger partial charge in [-0.15, -0.1) is 0 Å². The van der Waals surface area contributed by atoms with Crippen molar-refractivity contribution in [2.24, 2.45) is 10.8 Å². The minimum absolute atomic E-state index is 0.134. The minimum atomic E-state index is 0.134. The molecular weight excluding hydrogens is 280 g/mol. The number of nitrogens with one attached hydrogen (secondary N) is 1. The van der Waals surface area contributed by atoms with Crippen molar-refractivity contribution in [2.75, 3.05) is 32.9 Å². The largest absolute Gasteiger partial charge is 0.381 e. The van der Waals surface area contributed by atoms with Gasteiger partial charge in [0.2, 0.25) is 0 Å². The van der Waals surface area contributed by atoms with E-state index in [2.05, 4.69) is 12.2 Å². The summed E-state index contributed by atoms with van der Waals surface area (Å²) >= 11 is 0. The molecule has 0 radical (unpaired) electrons. The van der Waals surface area contributed by atoms with Crippen molar-refractivity contribution in [1.29, 1.82) is 0 Å². The number of urea groups is 1. The summed E-state index contributed by atoms with van der Waals surface area (Å²) in [6, 6.07) is 0.455. The van der Waals surface area contributed by atoms with Gasteiger partial charge in [0.25, 0.3) is 0 Å². The van der Waals surface area contributed by atoms with Crippen molar-refractivity contribution in [1.82, 2.24) is 10.2 Å². The summed E-state index contributed by atoms with van der Waals surface area (Å²) in [6.07, 6.45) is 7.25. The molecule has 2 aliphatic carbocycles. The molecule has 0 aromatic carbocycles. The molecule has 4 rings (SSSR count). The zero-order chi connectivity index (χ0) is 15.2. The first-order valence-electron chi connectivity index (χ1n) is 8.92. The molecule has 0 aromatic rings. The lowest BCUT2D eigenvalue weighted by molar-refractivity contribution is -0.169. The lowest BCUT2D eigenvalue weighted by Crippen LogP contribution is -2.68. The zero-order valence-corrected chi connectivity index (χ0v) is 13.6. The number of carbonyl (C=O) groups is 1. The van der Waals surface area contributed by atoms with Crippen LogP contribution in [-0.2, 0) is 9.47 Å². The van der Waals surface area contributed by atoms with Gasteiger partial charge in [-0.2, -0.15) is 0 Å². The van der Waals surface area contributed by atoms with Crippen LogP contribution in [0.3, 0.4) is 0 Å². The van der Waals surface area contributed by atoms with Crippen molar-refractivity contribution in [3.8, 4) is 0 Å². The fourth-order valence-electron chi connectivity index (χ4n) is 4.96. The van der Waals surface area contributed by atoms with E-state index >= 15 is 0 Å². The van der Waals surface area contributed by atoms with Crippen LogP contribution in [0, 0.1) is 10.8 Å². The molecule has 2 saturated heterocycles. The normalized spacial score (nSPS) is 39.0. The van der Waals surface area contributed by atoms with Crippen molar-refractivity contribution in [3.63, 3.8) is 0 Å². The molecule has 5 nitrogen and oxygen atoms in total. The Morgan fingerprint density at radius 3 is 2.86 bits per heavy atom. The smallest absolute Gasteiger partial charge is 0.317 e. The molecule has 124 valence electrons. The summed E-state index contributed by atoms with van der Waals surface area (Å²) in [5, 5.41) is 3.31. The monoisotopic (exact) mass is 308 g/mol. The molecule has 4 fully saturated rings. The van der Waals surface area contributed by atoms with E-state index in [0.717, 1.165) is 52.2 Å². The number of hydrogen-bond donors (Lipinski definition) is 1. The lowest BCUT2D eigenvalue weighted by atomic mass is 9.51. The van der Waals surface area contributed by atoms with Crippen LogP contribution >= 0.6 is 0 Å². The molecule has 0 aromatic heterocycles. The van der Waals surface area contributed by atoms with Crippen LogP contribution in [0.15, 0.2) is 0 Å². The Labute approximate surface area is 132 Å². The van der Waals surface area contributed by atoms with Crippen LogP contribution in [0.25, 0.3) is 0 Å². The molecule has 22 heavy (non-hydrogen) atoms. The van der Waals surface area contributed by atoms with Gasteiger partial charge in [-0.1, -0.05) is 6.42 Å². The molecule has 2 heterocycles. The molecule has 2 amide bonds. The van der Waals surface area contributed by atoms with Crippen LogP contribution in [0.4, 0.5) is 4.79 Å². The van der Waals surface area contributed by atoms with Crippen molar-refractivity contribution >= 4 is 6.03 Å². The van der Waals surface area contributed by atoms with E-state index in [4.69, 9.17) is 9.47 Å². The molecule has 1 N–H and O–H groups in total. The van der Waals surface area contributed by atoms with Crippen molar-refractivity contribution in [2.45, 2.75) is 57.6 Å². The first kappa shape index (κ1) is 14.8. The van der Waals surface area contributed by atoms with Crippen LogP contribution in [0.5, 0.6) is 0 Å². The third kappa shape index (κ3) is 2.16. The van der Waals surface area contributed by atoms with Crippen molar-refractivity contribution in [3.05, 3.63) is 0 Å². The Morgan fingerprint density at radius 2 is 2.23 bits per heavy atom. The highest BCUT2D eigenvalue weighted by atomic mass is 16.5. The third-order valence-corrected chi connectivity index (χ3v) is 6.65. The van der Waals surface area contributed by atoms with E-state index in [-0.39, 0.29) is 16.9 Å². The molecule has 5 heteroatoms. The van der Waals surface area contributed by atoms with E-state index in [9.17, 15) is 4.79 Å². The predicted octanol–water partition coefficient (Wildman–Crippen LogP) is 2.16. The second kappa shape index (κ2) is 5.38. The van der Waals surface area contributed by atoms with E-state index in [0.29, 0.717) is 12.1 Å². The zero-order valence-electron chi connectivity index (χ0n) is 13.6. The highest BCUT2D eigenvalue weighted by Gasteiger charge is 2.59. The van der Waals surface area contributed by atoms with Crippen LogP contribution < -0.4 is 5.32 Å². The number of amides is 2. The molecule has 3 atom stereocenters. The van der Waals surface area contributed by atoms with Crippen LogP contribution in [0.1, 0.15) is 45.4 Å². The Morgan fingerprint density at radius 1 is 1.36 bits per heavy atom. The average molecular weight is 308 g/mol. The molecule has 4 aliphatic rings. The maximum absolute atomic E-state index is 12.6. The molecule has 2 saturated carbocycles. The van der Waals surface area contributed by atoms with Gasteiger partial charge in [0.05, 0.1) is 12.7 Å². The van der Waals surface area contributed by atoms with E-state index in [1.165, 1.54) is 19.3 Å². The fraction of sp³-hybridized carbons (Fsp3) is 0.941. The van der Waals surface area contributed by atoms with Gasteiger partial charge >= 0.3 is 6.03 Å². The number of carbonyl (C=O) groups excluding carboxylic acids is 1. The Balaban J connectivity index is 1.33. The molecule has 0 unspecified atom stereocenters. The number of rotatable bonds is 3. The highest BCUT2D eigenvalue weighted by molar-refractivity contribution is 5.75. The SMILES string of the molecule is CCO[C@@H]1C[C@@H](NC(=O)N2CC[C@@]3(CCOC3)C2)C12CCC2. The van der Waals surface area contributed by atoms with Gasteiger partial charge in [-0.3, -0.25) is 0 Å².